The third-order valence-electron chi connectivity index (χ3n) is 2.86. The summed E-state index contributed by atoms with van der Waals surface area (Å²) in [6.07, 6.45) is 0.871. The number of hydrogen-bond acceptors (Lipinski definition) is 2. The van der Waals surface area contributed by atoms with E-state index in [-0.39, 0.29) is 6.04 Å². The third-order valence-corrected chi connectivity index (χ3v) is 4.20. The normalized spacial score (nSPS) is 12.2. The molecule has 2 aromatic carbocycles. The zero-order valence-electron chi connectivity index (χ0n) is 11.3. The van der Waals surface area contributed by atoms with Crippen molar-refractivity contribution < 1.29 is 4.74 Å². The highest BCUT2D eigenvalue weighted by Gasteiger charge is 2.05. The first-order valence-corrected chi connectivity index (χ1v) is 8.33. The van der Waals surface area contributed by atoms with Gasteiger partial charge in [-0.05, 0) is 87.3 Å². The molecule has 106 valence electrons. The van der Waals surface area contributed by atoms with Crippen LogP contribution in [0.15, 0.2) is 46.9 Å². The molecule has 0 saturated carbocycles. The lowest BCUT2D eigenvalue weighted by atomic mass is 10.1. The Kier molecular flexibility index (Phi) is 5.86. The van der Waals surface area contributed by atoms with Gasteiger partial charge < -0.3 is 10.5 Å². The second kappa shape index (κ2) is 7.43. The van der Waals surface area contributed by atoms with Gasteiger partial charge in [-0.3, -0.25) is 0 Å². The Balaban J connectivity index is 2.01. The summed E-state index contributed by atoms with van der Waals surface area (Å²) in [4.78, 5) is 0. The van der Waals surface area contributed by atoms with Crippen LogP contribution in [-0.4, -0.2) is 6.04 Å². The minimum atomic E-state index is 0.167. The van der Waals surface area contributed by atoms with E-state index in [4.69, 9.17) is 10.5 Å². The second-order valence-corrected chi connectivity index (χ2v) is 6.96. The fourth-order valence-electron chi connectivity index (χ4n) is 1.90. The zero-order valence-corrected chi connectivity index (χ0v) is 15.0. The van der Waals surface area contributed by atoms with Gasteiger partial charge in [0, 0.05) is 9.61 Å². The van der Waals surface area contributed by atoms with Crippen LogP contribution in [0.4, 0.5) is 0 Å². The van der Waals surface area contributed by atoms with E-state index in [1.807, 2.05) is 13.0 Å². The molecule has 0 heterocycles. The van der Waals surface area contributed by atoms with Crippen molar-refractivity contribution in [3.63, 3.8) is 0 Å². The van der Waals surface area contributed by atoms with Gasteiger partial charge in [0.15, 0.2) is 0 Å². The predicted octanol–water partition coefficient (Wildman–Crippen LogP) is 4.52. The van der Waals surface area contributed by atoms with E-state index in [0.717, 1.165) is 22.2 Å². The molecule has 2 aromatic rings. The van der Waals surface area contributed by atoms with Crippen LogP contribution in [-0.2, 0) is 13.0 Å². The maximum absolute atomic E-state index is 5.84. The first kappa shape index (κ1) is 15.8. The second-order valence-electron chi connectivity index (χ2n) is 4.86. The minimum absolute atomic E-state index is 0.167. The summed E-state index contributed by atoms with van der Waals surface area (Å²) in [5.74, 6) is 0.858. The Morgan fingerprint density at radius 1 is 1.15 bits per heavy atom. The smallest absolute Gasteiger partial charge is 0.134 e. The number of rotatable bonds is 5. The molecule has 4 heteroatoms. The van der Waals surface area contributed by atoms with Gasteiger partial charge in [0.05, 0.1) is 4.47 Å². The van der Waals surface area contributed by atoms with Crippen LogP contribution in [0.5, 0.6) is 5.75 Å². The van der Waals surface area contributed by atoms with Crippen molar-refractivity contribution in [1.29, 1.82) is 0 Å². The van der Waals surface area contributed by atoms with Gasteiger partial charge in [0.25, 0.3) is 0 Å². The Morgan fingerprint density at radius 3 is 2.40 bits per heavy atom. The van der Waals surface area contributed by atoms with E-state index in [9.17, 15) is 0 Å². The van der Waals surface area contributed by atoms with Crippen molar-refractivity contribution in [2.24, 2.45) is 5.73 Å². The van der Waals surface area contributed by atoms with Gasteiger partial charge in [-0.2, -0.15) is 0 Å². The highest BCUT2D eigenvalue weighted by Crippen LogP contribution is 2.27. The van der Waals surface area contributed by atoms with Crippen LogP contribution in [0.2, 0.25) is 0 Å². The van der Waals surface area contributed by atoms with Gasteiger partial charge in [-0.15, -0.1) is 0 Å². The Morgan fingerprint density at radius 2 is 1.80 bits per heavy atom. The number of hydrogen-bond donors (Lipinski definition) is 1. The van der Waals surface area contributed by atoms with E-state index in [1.165, 1.54) is 9.13 Å². The van der Waals surface area contributed by atoms with Crippen LogP contribution < -0.4 is 10.5 Å². The molecule has 0 bridgehead atoms. The molecule has 20 heavy (non-hydrogen) atoms. The highest BCUT2D eigenvalue weighted by molar-refractivity contribution is 14.1. The van der Waals surface area contributed by atoms with Crippen LogP contribution in [0.25, 0.3) is 0 Å². The average Bonchev–Trinajstić information content (AvgIpc) is 2.39. The maximum atomic E-state index is 5.84. The molecule has 2 N–H and O–H groups in total. The monoisotopic (exact) mass is 445 g/mol. The molecule has 0 aliphatic rings. The van der Waals surface area contributed by atoms with Gasteiger partial charge >= 0.3 is 0 Å². The molecular formula is C16H17BrINO. The van der Waals surface area contributed by atoms with Gasteiger partial charge in [0.2, 0.25) is 0 Å². The van der Waals surface area contributed by atoms with Crippen molar-refractivity contribution in [1.82, 2.24) is 0 Å². The zero-order chi connectivity index (χ0) is 14.5. The van der Waals surface area contributed by atoms with Crippen LogP contribution in [0.1, 0.15) is 18.1 Å². The quantitative estimate of drug-likeness (QED) is 0.686. The summed E-state index contributed by atoms with van der Waals surface area (Å²) in [5.41, 5.74) is 8.19. The number of halogens is 2. The summed E-state index contributed by atoms with van der Waals surface area (Å²) in [6.45, 7) is 2.58. The molecule has 0 saturated heterocycles. The summed E-state index contributed by atoms with van der Waals surface area (Å²) >= 11 is 5.85. The average molecular weight is 446 g/mol. The molecule has 2 nitrogen and oxygen atoms in total. The van der Waals surface area contributed by atoms with Crippen molar-refractivity contribution in [2.45, 2.75) is 26.0 Å². The van der Waals surface area contributed by atoms with Crippen molar-refractivity contribution in [3.05, 3.63) is 61.6 Å². The maximum Gasteiger partial charge on any atom is 0.134 e. The van der Waals surface area contributed by atoms with Crippen molar-refractivity contribution >= 4 is 38.5 Å². The number of nitrogens with two attached hydrogens (primary N) is 1. The number of ether oxygens (including phenoxy) is 1. The topological polar surface area (TPSA) is 35.2 Å². The molecular weight excluding hydrogens is 429 g/mol. The Bertz CT molecular complexity index is 569. The Labute approximate surface area is 142 Å². The molecule has 0 amide bonds. The van der Waals surface area contributed by atoms with Gasteiger partial charge in [-0.25, -0.2) is 0 Å². The molecule has 1 unspecified atom stereocenters. The minimum Gasteiger partial charge on any atom is -0.488 e. The summed E-state index contributed by atoms with van der Waals surface area (Å²) < 4.78 is 8.04. The molecule has 0 spiro atoms. The van der Waals surface area contributed by atoms with Crippen LogP contribution >= 0.6 is 38.5 Å². The lowest BCUT2D eigenvalue weighted by Gasteiger charge is -2.11. The standard InChI is InChI=1S/C16H17BrINO/c1-11(19)8-13-4-7-16(15(17)9-13)20-10-12-2-5-14(18)6-3-12/h2-7,9,11H,8,10,19H2,1H3. The first-order chi connectivity index (χ1) is 9.54. The third kappa shape index (κ3) is 4.75. The predicted molar refractivity (Wildman–Crippen MR) is 95.0 cm³/mol. The number of benzene rings is 2. The van der Waals surface area contributed by atoms with Crippen LogP contribution in [0, 0.1) is 3.57 Å². The SMILES string of the molecule is CC(N)Cc1ccc(OCc2ccc(I)cc2)c(Br)c1. The first-order valence-electron chi connectivity index (χ1n) is 6.46. The van der Waals surface area contributed by atoms with Crippen molar-refractivity contribution in [2.75, 3.05) is 0 Å². The lowest BCUT2D eigenvalue weighted by Crippen LogP contribution is -2.17. The van der Waals surface area contributed by atoms with E-state index >= 15 is 0 Å². The largest absolute Gasteiger partial charge is 0.488 e. The Hall–Kier alpha value is -0.590. The molecule has 2 rings (SSSR count). The highest BCUT2D eigenvalue weighted by atomic mass is 127. The molecule has 0 fully saturated rings. The molecule has 0 aliphatic carbocycles. The van der Waals surface area contributed by atoms with E-state index in [0.29, 0.717) is 6.61 Å². The van der Waals surface area contributed by atoms with E-state index in [1.54, 1.807) is 0 Å². The lowest BCUT2D eigenvalue weighted by molar-refractivity contribution is 0.304. The van der Waals surface area contributed by atoms with E-state index < -0.39 is 0 Å². The molecule has 1 atom stereocenters. The van der Waals surface area contributed by atoms with Gasteiger partial charge in [0.1, 0.15) is 12.4 Å². The fourth-order valence-corrected chi connectivity index (χ4v) is 2.80. The fraction of sp³-hybridized carbons (Fsp3) is 0.250. The summed E-state index contributed by atoms with van der Waals surface area (Å²) in [7, 11) is 0. The summed E-state index contributed by atoms with van der Waals surface area (Å²) in [6, 6.07) is 14.6. The molecule has 0 aromatic heterocycles. The van der Waals surface area contributed by atoms with Gasteiger partial charge in [-0.1, -0.05) is 18.2 Å². The van der Waals surface area contributed by atoms with E-state index in [2.05, 4.69) is 74.9 Å². The van der Waals surface area contributed by atoms with Crippen molar-refractivity contribution in [3.8, 4) is 5.75 Å². The summed E-state index contributed by atoms with van der Waals surface area (Å²) in [5, 5.41) is 0. The van der Waals surface area contributed by atoms with Crippen LogP contribution in [0.3, 0.4) is 0 Å². The molecule has 0 radical (unpaired) electrons. The molecule has 0 aliphatic heterocycles.